The molecule has 0 aliphatic heterocycles. The normalized spacial score (nSPS) is 12.0. The molecule has 0 aliphatic rings. The maximum atomic E-state index is 9.04. The van der Waals surface area contributed by atoms with E-state index in [2.05, 4.69) is 17.3 Å². The SMILES string of the molecule is CCn1cc(CNC(C)(C)CO)cn1. The van der Waals surface area contributed by atoms with Crippen LogP contribution in [0.1, 0.15) is 26.3 Å². The van der Waals surface area contributed by atoms with Gasteiger partial charge in [0, 0.05) is 30.4 Å². The number of nitrogens with one attached hydrogen (secondary N) is 1. The Bertz CT molecular complexity index is 281. The highest BCUT2D eigenvalue weighted by Crippen LogP contribution is 2.03. The molecule has 0 atom stereocenters. The number of nitrogens with zero attached hydrogens (tertiary/aromatic N) is 2. The third-order valence-corrected chi connectivity index (χ3v) is 2.18. The van der Waals surface area contributed by atoms with Gasteiger partial charge in [0.05, 0.1) is 12.8 Å². The minimum Gasteiger partial charge on any atom is -0.394 e. The van der Waals surface area contributed by atoms with Gasteiger partial charge in [-0.3, -0.25) is 4.68 Å². The van der Waals surface area contributed by atoms with Crippen LogP contribution in [0.4, 0.5) is 0 Å². The van der Waals surface area contributed by atoms with Crippen molar-refractivity contribution in [1.29, 1.82) is 0 Å². The summed E-state index contributed by atoms with van der Waals surface area (Å²) in [7, 11) is 0. The second-order valence-electron chi connectivity index (χ2n) is 4.10. The van der Waals surface area contributed by atoms with E-state index in [0.29, 0.717) is 0 Å². The van der Waals surface area contributed by atoms with Crippen molar-refractivity contribution in [3.63, 3.8) is 0 Å². The van der Waals surface area contributed by atoms with Gasteiger partial charge < -0.3 is 10.4 Å². The van der Waals surface area contributed by atoms with Gasteiger partial charge in [-0.2, -0.15) is 5.10 Å². The molecular weight excluding hydrogens is 178 g/mol. The molecule has 0 spiro atoms. The van der Waals surface area contributed by atoms with Crippen LogP contribution in [0.2, 0.25) is 0 Å². The van der Waals surface area contributed by atoms with Gasteiger partial charge in [-0.1, -0.05) is 0 Å². The summed E-state index contributed by atoms with van der Waals surface area (Å²) in [6.07, 6.45) is 3.87. The zero-order chi connectivity index (χ0) is 10.6. The van der Waals surface area contributed by atoms with Crippen molar-refractivity contribution in [2.24, 2.45) is 0 Å². The number of rotatable bonds is 5. The maximum Gasteiger partial charge on any atom is 0.0607 e. The molecule has 0 radical (unpaired) electrons. The van der Waals surface area contributed by atoms with Crippen molar-refractivity contribution in [2.75, 3.05) is 6.61 Å². The summed E-state index contributed by atoms with van der Waals surface area (Å²) in [6.45, 7) is 7.77. The van der Waals surface area contributed by atoms with Gasteiger partial charge in [0.2, 0.25) is 0 Å². The fourth-order valence-electron chi connectivity index (χ4n) is 1.07. The minimum atomic E-state index is -0.228. The molecule has 1 aromatic heterocycles. The summed E-state index contributed by atoms with van der Waals surface area (Å²) in [5.41, 5.74) is 0.919. The van der Waals surface area contributed by atoms with E-state index < -0.39 is 0 Å². The van der Waals surface area contributed by atoms with Gasteiger partial charge in [0.1, 0.15) is 0 Å². The fourth-order valence-corrected chi connectivity index (χ4v) is 1.07. The maximum absolute atomic E-state index is 9.04. The molecule has 2 N–H and O–H groups in total. The number of hydrogen-bond acceptors (Lipinski definition) is 3. The van der Waals surface area contributed by atoms with Crippen molar-refractivity contribution in [2.45, 2.75) is 39.4 Å². The molecule has 0 bridgehead atoms. The summed E-state index contributed by atoms with van der Waals surface area (Å²) in [5, 5.41) is 16.5. The van der Waals surface area contributed by atoms with Crippen LogP contribution in [0.5, 0.6) is 0 Å². The highest BCUT2D eigenvalue weighted by molar-refractivity contribution is 5.04. The van der Waals surface area contributed by atoms with E-state index in [-0.39, 0.29) is 12.1 Å². The van der Waals surface area contributed by atoms with E-state index in [1.165, 1.54) is 0 Å². The molecule has 0 saturated carbocycles. The molecule has 14 heavy (non-hydrogen) atoms. The van der Waals surface area contributed by atoms with Crippen molar-refractivity contribution >= 4 is 0 Å². The number of aliphatic hydroxyl groups excluding tert-OH is 1. The van der Waals surface area contributed by atoms with E-state index in [1.54, 1.807) is 0 Å². The Hall–Kier alpha value is -0.870. The van der Waals surface area contributed by atoms with E-state index in [1.807, 2.05) is 30.9 Å². The second kappa shape index (κ2) is 4.57. The molecule has 1 heterocycles. The number of aryl methyl sites for hydroxylation is 1. The topological polar surface area (TPSA) is 50.1 Å². The number of hydrogen-bond donors (Lipinski definition) is 2. The Labute approximate surface area is 84.9 Å². The average molecular weight is 197 g/mol. The fraction of sp³-hybridized carbons (Fsp3) is 0.700. The number of aromatic nitrogens is 2. The first-order chi connectivity index (χ1) is 6.57. The molecule has 0 aliphatic carbocycles. The lowest BCUT2D eigenvalue weighted by Gasteiger charge is -2.22. The first-order valence-corrected chi connectivity index (χ1v) is 4.94. The van der Waals surface area contributed by atoms with Gasteiger partial charge in [-0.25, -0.2) is 0 Å². The van der Waals surface area contributed by atoms with E-state index in [0.717, 1.165) is 18.7 Å². The Kier molecular flexibility index (Phi) is 3.66. The third kappa shape index (κ3) is 3.12. The molecular formula is C10H19N3O. The molecule has 4 nitrogen and oxygen atoms in total. The Morgan fingerprint density at radius 3 is 2.79 bits per heavy atom. The van der Waals surface area contributed by atoms with Crippen LogP contribution in [0.3, 0.4) is 0 Å². The van der Waals surface area contributed by atoms with Crippen molar-refractivity contribution in [3.05, 3.63) is 18.0 Å². The summed E-state index contributed by atoms with van der Waals surface area (Å²) in [6, 6.07) is 0. The van der Waals surface area contributed by atoms with Crippen LogP contribution in [-0.4, -0.2) is 27.0 Å². The third-order valence-electron chi connectivity index (χ3n) is 2.18. The predicted octanol–water partition coefficient (Wildman–Crippen LogP) is 0.763. The van der Waals surface area contributed by atoms with Gasteiger partial charge in [-0.15, -0.1) is 0 Å². The quantitative estimate of drug-likeness (QED) is 0.733. The smallest absolute Gasteiger partial charge is 0.0607 e. The minimum absolute atomic E-state index is 0.134. The Morgan fingerprint density at radius 2 is 2.29 bits per heavy atom. The molecule has 0 fully saturated rings. The van der Waals surface area contributed by atoms with Crippen LogP contribution in [-0.2, 0) is 13.1 Å². The zero-order valence-corrected chi connectivity index (χ0v) is 9.12. The molecule has 0 unspecified atom stereocenters. The van der Waals surface area contributed by atoms with Crippen LogP contribution < -0.4 is 5.32 Å². The highest BCUT2D eigenvalue weighted by atomic mass is 16.3. The molecule has 80 valence electrons. The first-order valence-electron chi connectivity index (χ1n) is 4.94. The van der Waals surface area contributed by atoms with Gasteiger partial charge in [0.15, 0.2) is 0 Å². The number of aliphatic hydroxyl groups is 1. The summed E-state index contributed by atoms with van der Waals surface area (Å²) < 4.78 is 1.89. The molecule has 4 heteroatoms. The molecule has 0 aromatic carbocycles. The first kappa shape index (κ1) is 11.2. The Balaban J connectivity index is 2.45. The average Bonchev–Trinajstić information content (AvgIpc) is 2.63. The van der Waals surface area contributed by atoms with Crippen molar-refractivity contribution in [1.82, 2.24) is 15.1 Å². The molecule has 0 amide bonds. The van der Waals surface area contributed by atoms with Crippen LogP contribution in [0, 0.1) is 0 Å². The van der Waals surface area contributed by atoms with Crippen LogP contribution in [0.25, 0.3) is 0 Å². The molecule has 1 aromatic rings. The van der Waals surface area contributed by atoms with Gasteiger partial charge >= 0.3 is 0 Å². The van der Waals surface area contributed by atoms with Gasteiger partial charge in [-0.05, 0) is 20.8 Å². The van der Waals surface area contributed by atoms with Crippen LogP contribution >= 0.6 is 0 Å². The van der Waals surface area contributed by atoms with Gasteiger partial charge in [0.25, 0.3) is 0 Å². The van der Waals surface area contributed by atoms with E-state index in [9.17, 15) is 0 Å². The monoisotopic (exact) mass is 197 g/mol. The summed E-state index contributed by atoms with van der Waals surface area (Å²) in [5.74, 6) is 0. The zero-order valence-electron chi connectivity index (χ0n) is 9.12. The largest absolute Gasteiger partial charge is 0.394 e. The molecule has 1 rings (SSSR count). The standard InChI is InChI=1S/C10H19N3O/c1-4-13-7-9(6-12-13)5-11-10(2,3)8-14/h6-7,11,14H,4-5,8H2,1-3H3. The summed E-state index contributed by atoms with van der Waals surface area (Å²) in [4.78, 5) is 0. The van der Waals surface area contributed by atoms with E-state index >= 15 is 0 Å². The lowest BCUT2D eigenvalue weighted by molar-refractivity contribution is 0.187. The Morgan fingerprint density at radius 1 is 1.57 bits per heavy atom. The summed E-state index contributed by atoms with van der Waals surface area (Å²) >= 11 is 0. The molecule has 0 saturated heterocycles. The highest BCUT2D eigenvalue weighted by Gasteiger charge is 2.14. The van der Waals surface area contributed by atoms with Crippen LogP contribution in [0.15, 0.2) is 12.4 Å². The lowest BCUT2D eigenvalue weighted by Crippen LogP contribution is -2.41. The van der Waals surface area contributed by atoms with E-state index in [4.69, 9.17) is 5.11 Å². The predicted molar refractivity (Wildman–Crippen MR) is 55.9 cm³/mol. The lowest BCUT2D eigenvalue weighted by atomic mass is 10.1. The van der Waals surface area contributed by atoms with Crippen molar-refractivity contribution in [3.8, 4) is 0 Å². The van der Waals surface area contributed by atoms with Crippen molar-refractivity contribution < 1.29 is 5.11 Å². The second-order valence-corrected chi connectivity index (χ2v) is 4.10.